The summed E-state index contributed by atoms with van der Waals surface area (Å²) in [7, 11) is 0. The minimum absolute atomic E-state index is 0.132. The molecular formula is C26H36O2S. The summed E-state index contributed by atoms with van der Waals surface area (Å²) in [4.78, 5) is 0. The molecule has 1 N–H and O–H groups in total. The molecule has 0 bridgehead atoms. The summed E-state index contributed by atoms with van der Waals surface area (Å²) in [6.45, 7) is 13.9. The molecule has 3 rings (SSSR count). The van der Waals surface area contributed by atoms with Gasteiger partial charge in [-0.25, -0.2) is 0 Å². The van der Waals surface area contributed by atoms with Crippen molar-refractivity contribution in [1.82, 2.24) is 0 Å². The van der Waals surface area contributed by atoms with E-state index >= 15 is 0 Å². The van der Waals surface area contributed by atoms with E-state index in [9.17, 15) is 5.11 Å². The zero-order valence-corrected chi connectivity index (χ0v) is 19.6. The van der Waals surface area contributed by atoms with Crippen LogP contribution in [0.2, 0.25) is 0 Å². The number of rotatable bonds is 4. The Balaban J connectivity index is 2.13. The molecule has 0 spiro atoms. The van der Waals surface area contributed by atoms with E-state index in [0.717, 1.165) is 30.6 Å². The van der Waals surface area contributed by atoms with E-state index in [4.69, 9.17) is 4.74 Å². The quantitative estimate of drug-likeness (QED) is 0.570. The molecule has 1 saturated heterocycles. The summed E-state index contributed by atoms with van der Waals surface area (Å²) >= 11 is 1.91. The fraction of sp³-hybridized carbons (Fsp3) is 0.538. The van der Waals surface area contributed by atoms with Crippen LogP contribution >= 0.6 is 11.8 Å². The molecule has 2 aromatic carbocycles. The lowest BCUT2D eigenvalue weighted by Gasteiger charge is -2.31. The van der Waals surface area contributed by atoms with Crippen molar-refractivity contribution in [2.75, 3.05) is 6.61 Å². The van der Waals surface area contributed by atoms with Crippen molar-refractivity contribution in [3.63, 3.8) is 0 Å². The summed E-state index contributed by atoms with van der Waals surface area (Å²) in [5.41, 5.74) is 4.54. The van der Waals surface area contributed by atoms with Gasteiger partial charge in [0.2, 0.25) is 0 Å². The maximum absolute atomic E-state index is 11.1. The van der Waals surface area contributed by atoms with E-state index in [1.165, 1.54) is 17.5 Å². The Labute approximate surface area is 181 Å². The number of ether oxygens (including phenoxy) is 1. The van der Waals surface area contributed by atoms with E-state index in [-0.39, 0.29) is 21.5 Å². The molecule has 0 radical (unpaired) electrons. The Hall–Kier alpha value is -1.45. The van der Waals surface area contributed by atoms with Gasteiger partial charge in [0.15, 0.2) is 0 Å². The van der Waals surface area contributed by atoms with Crippen molar-refractivity contribution in [2.24, 2.45) is 0 Å². The molecule has 0 aromatic heterocycles. The van der Waals surface area contributed by atoms with E-state index < -0.39 is 0 Å². The van der Waals surface area contributed by atoms with Gasteiger partial charge >= 0.3 is 0 Å². The lowest BCUT2D eigenvalue weighted by Crippen LogP contribution is -2.20. The molecule has 0 unspecified atom stereocenters. The van der Waals surface area contributed by atoms with Crippen molar-refractivity contribution >= 4 is 11.8 Å². The van der Waals surface area contributed by atoms with Crippen molar-refractivity contribution < 1.29 is 9.84 Å². The molecule has 0 saturated carbocycles. The van der Waals surface area contributed by atoms with Gasteiger partial charge in [-0.3, -0.25) is 0 Å². The van der Waals surface area contributed by atoms with Gasteiger partial charge in [0, 0.05) is 6.61 Å². The topological polar surface area (TPSA) is 29.5 Å². The summed E-state index contributed by atoms with van der Waals surface area (Å²) in [6, 6.07) is 15.2. The summed E-state index contributed by atoms with van der Waals surface area (Å²) in [6.07, 6.45) is 3.49. The van der Waals surface area contributed by atoms with Crippen molar-refractivity contribution in [3.05, 3.63) is 64.7 Å². The highest BCUT2D eigenvalue weighted by Gasteiger charge is 2.30. The van der Waals surface area contributed by atoms with Gasteiger partial charge in [0.05, 0.1) is 5.25 Å². The lowest BCUT2D eigenvalue weighted by molar-refractivity contribution is 0.0726. The molecule has 2 aromatic rings. The highest BCUT2D eigenvalue weighted by molar-refractivity contribution is 8.00. The predicted molar refractivity (Wildman–Crippen MR) is 125 cm³/mol. The second-order valence-corrected chi connectivity index (χ2v) is 11.5. The molecule has 1 fully saturated rings. The van der Waals surface area contributed by atoms with E-state index in [2.05, 4.69) is 84.0 Å². The van der Waals surface area contributed by atoms with Gasteiger partial charge < -0.3 is 9.84 Å². The fourth-order valence-corrected chi connectivity index (χ4v) is 5.29. The first-order valence-corrected chi connectivity index (χ1v) is 11.7. The predicted octanol–water partition coefficient (Wildman–Crippen LogP) is 7.34. The van der Waals surface area contributed by atoms with Crippen LogP contribution in [0, 0.1) is 0 Å². The molecule has 158 valence electrons. The number of phenolic OH excluding ortho intramolecular Hbond substituents is 1. The zero-order valence-electron chi connectivity index (χ0n) is 18.8. The van der Waals surface area contributed by atoms with Crippen LogP contribution < -0.4 is 0 Å². The minimum atomic E-state index is -0.132. The van der Waals surface area contributed by atoms with Crippen LogP contribution in [0.1, 0.15) is 88.3 Å². The molecular weight excluding hydrogens is 376 g/mol. The fourth-order valence-electron chi connectivity index (χ4n) is 3.90. The molecule has 1 aliphatic heterocycles. The Morgan fingerprint density at radius 1 is 0.897 bits per heavy atom. The molecule has 0 aliphatic carbocycles. The Bertz CT molecular complexity index is 774. The van der Waals surface area contributed by atoms with Crippen LogP contribution in [0.5, 0.6) is 5.75 Å². The van der Waals surface area contributed by atoms with Crippen molar-refractivity contribution in [1.29, 1.82) is 0 Å². The van der Waals surface area contributed by atoms with Gasteiger partial charge in [0.1, 0.15) is 11.2 Å². The van der Waals surface area contributed by atoms with Gasteiger partial charge in [0.25, 0.3) is 0 Å². The number of hydrogen-bond acceptors (Lipinski definition) is 3. The molecule has 29 heavy (non-hydrogen) atoms. The number of phenols is 1. The van der Waals surface area contributed by atoms with E-state index in [1.807, 2.05) is 11.8 Å². The Kier molecular flexibility index (Phi) is 6.70. The van der Waals surface area contributed by atoms with Crippen LogP contribution in [-0.4, -0.2) is 17.1 Å². The Morgan fingerprint density at radius 3 is 1.97 bits per heavy atom. The van der Waals surface area contributed by atoms with Gasteiger partial charge in [-0.15, -0.1) is 11.8 Å². The second kappa shape index (κ2) is 8.73. The standard InChI is InChI=1S/C26H36O2S/c1-25(2,3)20-16-19(17-21(23(20)27)26(4,5)6)24(18-12-8-7-9-13-18)29-22-14-10-11-15-28-22/h7-9,12-13,16-17,22,24,27H,10-11,14-15H2,1-6H3/t22-,24+/m0/s1. The first-order chi connectivity index (χ1) is 13.6. The average Bonchev–Trinajstić information content (AvgIpc) is 2.66. The largest absolute Gasteiger partial charge is 0.507 e. The highest BCUT2D eigenvalue weighted by atomic mass is 32.2. The summed E-state index contributed by atoms with van der Waals surface area (Å²) in [5, 5.41) is 11.3. The monoisotopic (exact) mass is 412 g/mol. The normalized spacial score (nSPS) is 19.2. The molecule has 0 amide bonds. The highest BCUT2D eigenvalue weighted by Crippen LogP contribution is 2.46. The zero-order chi connectivity index (χ0) is 21.2. The second-order valence-electron chi connectivity index (χ2n) is 10.2. The molecule has 2 atom stereocenters. The number of hydrogen-bond donors (Lipinski definition) is 1. The van der Waals surface area contributed by atoms with Crippen LogP contribution in [0.3, 0.4) is 0 Å². The van der Waals surface area contributed by atoms with Crippen LogP contribution in [0.4, 0.5) is 0 Å². The SMILES string of the molecule is CC(C)(C)c1cc([C@H](S[C@H]2CCCCO2)c2ccccc2)cc(C(C)(C)C)c1O. The van der Waals surface area contributed by atoms with E-state index in [0.29, 0.717) is 5.75 Å². The van der Waals surface area contributed by atoms with Crippen molar-refractivity contribution in [2.45, 2.75) is 82.3 Å². The number of thioether (sulfide) groups is 1. The third kappa shape index (κ3) is 5.38. The number of benzene rings is 2. The first-order valence-electron chi connectivity index (χ1n) is 10.8. The summed E-state index contributed by atoms with van der Waals surface area (Å²) < 4.78 is 6.08. The maximum atomic E-state index is 11.1. The number of aromatic hydroxyl groups is 1. The third-order valence-electron chi connectivity index (χ3n) is 5.58. The van der Waals surface area contributed by atoms with Crippen LogP contribution in [0.25, 0.3) is 0 Å². The van der Waals surface area contributed by atoms with Gasteiger partial charge in [-0.2, -0.15) is 0 Å². The molecule has 3 heteroatoms. The van der Waals surface area contributed by atoms with Crippen molar-refractivity contribution in [3.8, 4) is 5.75 Å². The third-order valence-corrected chi connectivity index (χ3v) is 7.07. The lowest BCUT2D eigenvalue weighted by atomic mass is 9.78. The van der Waals surface area contributed by atoms with Gasteiger partial charge in [-0.1, -0.05) is 84.0 Å². The minimum Gasteiger partial charge on any atom is -0.507 e. The molecule has 2 nitrogen and oxygen atoms in total. The Morgan fingerprint density at radius 2 is 1.48 bits per heavy atom. The van der Waals surface area contributed by atoms with E-state index in [1.54, 1.807) is 0 Å². The molecule has 1 heterocycles. The first kappa shape index (κ1) is 22.2. The summed E-state index contributed by atoms with van der Waals surface area (Å²) in [5.74, 6) is 0.444. The van der Waals surface area contributed by atoms with Crippen LogP contribution in [0.15, 0.2) is 42.5 Å². The average molecular weight is 413 g/mol. The molecule has 1 aliphatic rings. The smallest absolute Gasteiger partial charge is 0.123 e. The van der Waals surface area contributed by atoms with Crippen LogP contribution in [-0.2, 0) is 15.6 Å². The maximum Gasteiger partial charge on any atom is 0.123 e. The van der Waals surface area contributed by atoms with Gasteiger partial charge in [-0.05, 0) is 52.3 Å².